The van der Waals surface area contributed by atoms with Gasteiger partial charge in [0.25, 0.3) is 5.56 Å². The Labute approximate surface area is 265 Å². The zero-order valence-corrected chi connectivity index (χ0v) is 26.1. The summed E-state index contributed by atoms with van der Waals surface area (Å²) in [7, 11) is 3.04. The Kier molecular flexibility index (Phi) is 7.57. The molecule has 2 atom stereocenters. The first-order valence-corrected chi connectivity index (χ1v) is 17.0. The number of carbonyl (C=O) groups excluding carboxylic acids is 2. The van der Waals surface area contributed by atoms with Crippen LogP contribution in [0.25, 0.3) is 22.3 Å². The zero-order valence-electron chi connectivity index (χ0n) is 24.5. The number of esters is 1. The van der Waals surface area contributed by atoms with Crippen LogP contribution in [0.5, 0.6) is 0 Å². The number of nitrogens with zero attached hydrogens (tertiary/aromatic N) is 3. The van der Waals surface area contributed by atoms with Gasteiger partial charge in [0.15, 0.2) is 5.60 Å². The highest BCUT2D eigenvalue weighted by Crippen LogP contribution is 2.46. The number of benzene rings is 1. The summed E-state index contributed by atoms with van der Waals surface area (Å²) in [5.41, 5.74) is 2.21. The van der Waals surface area contributed by atoms with Gasteiger partial charge in [-0.2, -0.15) is 0 Å². The molecule has 3 aromatic heterocycles. The van der Waals surface area contributed by atoms with Crippen LogP contribution in [-0.2, 0) is 39.4 Å². The van der Waals surface area contributed by atoms with Crippen molar-refractivity contribution in [2.75, 3.05) is 12.4 Å². The lowest BCUT2D eigenvalue weighted by atomic mass is 9.81. The average Bonchev–Trinajstić information content (AvgIpc) is 3.41. The van der Waals surface area contributed by atoms with Crippen LogP contribution in [0.2, 0.25) is 0 Å². The topological polar surface area (TPSA) is 133 Å². The molecule has 0 saturated heterocycles. The highest BCUT2D eigenvalue weighted by Gasteiger charge is 2.46. The molecule has 1 aliphatic carbocycles. The fraction of sp³-hybridized carbons (Fsp3) is 0.344. The molecule has 45 heavy (non-hydrogen) atoms. The molecule has 5 heterocycles. The minimum atomic E-state index is -1.96. The first kappa shape index (κ1) is 29.8. The van der Waals surface area contributed by atoms with E-state index in [0.29, 0.717) is 41.1 Å². The zero-order chi connectivity index (χ0) is 31.5. The molecule has 0 fully saturated rings. The summed E-state index contributed by atoms with van der Waals surface area (Å²) in [5.74, 6) is -0.624. The Balaban J connectivity index is 1.23. The third-order valence-corrected chi connectivity index (χ3v) is 11.1. The lowest BCUT2D eigenvalue weighted by Gasteiger charge is -2.31. The number of aryl methyl sites for hydroxylation is 1. The van der Waals surface area contributed by atoms with Crippen molar-refractivity contribution in [2.45, 2.75) is 62.9 Å². The third kappa shape index (κ3) is 4.88. The number of aromatic nitrogens is 3. The SMILES string of the molecule is CC[C@@]1(O)C(=O)OCc2c1cc1n(c2=O)Cc2c-1nc1cc(F)c(C)c3c1c2[C@@H](NC(=O)OCCSSc1ccccn1)CC3. The van der Waals surface area contributed by atoms with Crippen molar-refractivity contribution in [3.8, 4) is 11.4 Å². The van der Waals surface area contributed by atoms with Gasteiger partial charge in [0, 0.05) is 34.5 Å². The predicted molar refractivity (Wildman–Crippen MR) is 167 cm³/mol. The number of nitrogens with one attached hydrogen (secondary N) is 1. The van der Waals surface area contributed by atoms with E-state index in [2.05, 4.69) is 10.3 Å². The number of fused-ring (bicyclic) bond motifs is 5. The molecule has 13 heteroatoms. The second-order valence-corrected chi connectivity index (χ2v) is 13.7. The van der Waals surface area contributed by atoms with E-state index in [-0.39, 0.29) is 48.7 Å². The van der Waals surface area contributed by atoms with Crippen molar-refractivity contribution in [3.05, 3.63) is 86.1 Å². The van der Waals surface area contributed by atoms with Crippen LogP contribution in [0.3, 0.4) is 0 Å². The molecule has 7 rings (SSSR count). The van der Waals surface area contributed by atoms with Gasteiger partial charge in [-0.1, -0.05) is 23.8 Å². The number of hydrogen-bond donors (Lipinski definition) is 2. The fourth-order valence-corrected chi connectivity index (χ4v) is 8.26. The van der Waals surface area contributed by atoms with Gasteiger partial charge in [-0.05, 0) is 71.9 Å². The summed E-state index contributed by atoms with van der Waals surface area (Å²) in [4.78, 5) is 48.5. The summed E-state index contributed by atoms with van der Waals surface area (Å²) in [6.07, 6.45) is 2.20. The largest absolute Gasteiger partial charge is 0.458 e. The number of cyclic esters (lactones) is 1. The van der Waals surface area contributed by atoms with Crippen LogP contribution < -0.4 is 10.9 Å². The van der Waals surface area contributed by atoms with E-state index < -0.39 is 23.7 Å². The smallest absolute Gasteiger partial charge is 0.407 e. The monoisotopic (exact) mass is 648 g/mol. The number of aliphatic hydroxyl groups is 1. The van der Waals surface area contributed by atoms with Gasteiger partial charge in [-0.15, -0.1) is 0 Å². The molecule has 0 radical (unpaired) electrons. The standard InChI is InChI=1S/C32H29FN4O6S2/c1-3-32(41)20-12-24-28-18(14-37(24)29(38)19(20)15-43-30(32)39)27-22(8-7-17-16(2)21(33)13-23(35-28)26(17)27)36-31(40)42-10-11-44-45-25-6-4-5-9-34-25/h4-6,9,12-13,22,41H,3,7-8,10-11,14-15H2,1-2H3,(H,36,40)/t22-,32-/m0/s1. The maximum atomic E-state index is 15.1. The Morgan fingerprint density at radius 1 is 1.27 bits per heavy atom. The molecule has 2 N–H and O–H groups in total. The summed E-state index contributed by atoms with van der Waals surface area (Å²) < 4.78 is 27.4. The molecule has 232 valence electrons. The average molecular weight is 649 g/mol. The van der Waals surface area contributed by atoms with Crippen molar-refractivity contribution in [2.24, 2.45) is 0 Å². The number of halogens is 1. The van der Waals surface area contributed by atoms with Gasteiger partial charge in [-0.3, -0.25) is 4.79 Å². The molecular weight excluding hydrogens is 620 g/mol. The molecule has 1 aromatic carbocycles. The number of carbonyl (C=O) groups is 2. The maximum Gasteiger partial charge on any atom is 0.407 e. The van der Waals surface area contributed by atoms with Crippen molar-refractivity contribution >= 4 is 44.6 Å². The summed E-state index contributed by atoms with van der Waals surface area (Å²) in [6, 6.07) is 8.21. The van der Waals surface area contributed by atoms with Gasteiger partial charge < -0.3 is 24.5 Å². The Hall–Kier alpha value is -3.94. The van der Waals surface area contributed by atoms with Crippen LogP contribution in [-0.4, -0.2) is 44.1 Å². The van der Waals surface area contributed by atoms with Gasteiger partial charge in [0.05, 0.1) is 35.1 Å². The van der Waals surface area contributed by atoms with E-state index >= 15 is 4.39 Å². The molecule has 2 aliphatic heterocycles. The van der Waals surface area contributed by atoms with Crippen molar-refractivity contribution in [1.82, 2.24) is 19.9 Å². The number of rotatable bonds is 7. The number of hydrogen-bond acceptors (Lipinski definition) is 10. The lowest BCUT2D eigenvalue weighted by molar-refractivity contribution is -0.172. The number of amides is 1. The first-order valence-electron chi connectivity index (χ1n) is 14.7. The Morgan fingerprint density at radius 3 is 2.89 bits per heavy atom. The van der Waals surface area contributed by atoms with Crippen LogP contribution in [0, 0.1) is 12.7 Å². The molecule has 0 bridgehead atoms. The molecule has 0 unspecified atom stereocenters. The highest BCUT2D eigenvalue weighted by atomic mass is 33.1. The van der Waals surface area contributed by atoms with Crippen molar-refractivity contribution < 1.29 is 28.6 Å². The minimum absolute atomic E-state index is 0.0211. The van der Waals surface area contributed by atoms with E-state index in [1.54, 1.807) is 30.7 Å². The van der Waals surface area contributed by atoms with Crippen LogP contribution >= 0.6 is 21.6 Å². The van der Waals surface area contributed by atoms with Crippen LogP contribution in [0.1, 0.15) is 59.2 Å². The van der Waals surface area contributed by atoms with E-state index in [0.717, 1.165) is 27.1 Å². The predicted octanol–water partition coefficient (Wildman–Crippen LogP) is 5.08. The fourth-order valence-electron chi connectivity index (χ4n) is 6.55. The van der Waals surface area contributed by atoms with Crippen LogP contribution in [0.4, 0.5) is 9.18 Å². The molecule has 1 amide bonds. The summed E-state index contributed by atoms with van der Waals surface area (Å²) >= 11 is 0. The van der Waals surface area contributed by atoms with Gasteiger partial charge in [-0.25, -0.2) is 23.9 Å². The second kappa shape index (κ2) is 11.5. The first-order chi connectivity index (χ1) is 21.7. The van der Waals surface area contributed by atoms with Crippen LogP contribution in [0.15, 0.2) is 46.3 Å². The molecule has 0 saturated carbocycles. The number of ether oxygens (including phenoxy) is 2. The Morgan fingerprint density at radius 2 is 2.11 bits per heavy atom. The summed E-state index contributed by atoms with van der Waals surface area (Å²) in [5, 5.41) is 15.9. The lowest BCUT2D eigenvalue weighted by Crippen LogP contribution is -2.44. The maximum absolute atomic E-state index is 15.1. The van der Waals surface area contributed by atoms with Gasteiger partial charge in [0.1, 0.15) is 24.1 Å². The molecular formula is C32H29FN4O6S2. The molecule has 10 nitrogen and oxygen atoms in total. The van der Waals surface area contributed by atoms with E-state index in [1.165, 1.54) is 27.7 Å². The van der Waals surface area contributed by atoms with E-state index in [4.69, 9.17) is 14.5 Å². The number of alkyl carbamates (subject to hydrolysis) is 1. The quantitative estimate of drug-likeness (QED) is 0.140. The highest BCUT2D eigenvalue weighted by molar-refractivity contribution is 8.76. The minimum Gasteiger partial charge on any atom is -0.458 e. The van der Waals surface area contributed by atoms with Gasteiger partial charge >= 0.3 is 12.1 Å². The normalized spacial score (nSPS) is 19.5. The third-order valence-electron chi connectivity index (χ3n) is 8.85. The second-order valence-electron chi connectivity index (χ2n) is 11.3. The van der Waals surface area contributed by atoms with Crippen molar-refractivity contribution in [3.63, 3.8) is 0 Å². The molecule has 3 aliphatic rings. The van der Waals surface area contributed by atoms with E-state index in [9.17, 15) is 19.5 Å². The summed E-state index contributed by atoms with van der Waals surface area (Å²) in [6.45, 7) is 3.50. The molecule has 0 spiro atoms. The van der Waals surface area contributed by atoms with E-state index in [1.807, 2.05) is 18.2 Å². The number of pyridine rings is 3. The van der Waals surface area contributed by atoms with Gasteiger partial charge in [0.2, 0.25) is 0 Å². The Bertz CT molecular complexity index is 1950. The molecule has 4 aromatic rings. The van der Waals surface area contributed by atoms with Crippen molar-refractivity contribution in [1.29, 1.82) is 0 Å².